The first-order valence-electron chi connectivity index (χ1n) is 5.62. The van der Waals surface area contributed by atoms with Crippen LogP contribution in [0.15, 0.2) is 22.7 Å². The predicted octanol–water partition coefficient (Wildman–Crippen LogP) is 2.35. The van der Waals surface area contributed by atoms with E-state index in [2.05, 4.69) is 20.7 Å². The summed E-state index contributed by atoms with van der Waals surface area (Å²) in [4.78, 5) is 23.2. The number of hydrogen-bond donors (Lipinski definition) is 0. The van der Waals surface area contributed by atoms with E-state index in [0.29, 0.717) is 24.0 Å². The molecule has 0 aliphatic carbocycles. The highest BCUT2D eigenvalue weighted by Gasteiger charge is 2.11. The minimum Gasteiger partial charge on any atom is -0.469 e. The van der Waals surface area contributed by atoms with Crippen LogP contribution in [0, 0.1) is 10.1 Å². The lowest BCUT2D eigenvalue weighted by atomic mass is 10.2. The van der Waals surface area contributed by atoms with Crippen LogP contribution in [0.5, 0.6) is 0 Å². The average molecular weight is 331 g/mol. The van der Waals surface area contributed by atoms with Crippen LogP contribution < -0.4 is 0 Å². The number of esters is 1. The number of nitro benzene ring substituents is 1. The number of ether oxygens (including phenoxy) is 1. The summed E-state index contributed by atoms with van der Waals surface area (Å²) in [6.07, 6.45) is 0.317. The molecule has 7 heteroatoms. The number of rotatable bonds is 6. The standard InChI is InChI=1S/C12H15BrN2O4/c1-14(6-5-12(16)19-2)8-9-3-4-10(15(17)18)7-11(9)13/h3-4,7H,5-6,8H2,1-2H3. The zero-order valence-corrected chi connectivity index (χ0v) is 12.3. The summed E-state index contributed by atoms with van der Waals surface area (Å²) in [5.74, 6) is -0.255. The number of nitro groups is 1. The molecular weight excluding hydrogens is 316 g/mol. The van der Waals surface area contributed by atoms with Crippen molar-refractivity contribution in [1.29, 1.82) is 0 Å². The van der Waals surface area contributed by atoms with E-state index in [-0.39, 0.29) is 11.7 Å². The van der Waals surface area contributed by atoms with Crippen LogP contribution in [0.4, 0.5) is 5.69 Å². The average Bonchev–Trinajstić information content (AvgIpc) is 2.38. The largest absolute Gasteiger partial charge is 0.469 e. The molecule has 0 amide bonds. The maximum absolute atomic E-state index is 11.0. The molecule has 0 aromatic heterocycles. The number of hydrogen-bond acceptors (Lipinski definition) is 5. The molecule has 0 fully saturated rings. The SMILES string of the molecule is COC(=O)CCN(C)Cc1ccc([N+](=O)[O-])cc1Br. The third kappa shape index (κ3) is 4.96. The summed E-state index contributed by atoms with van der Waals surface area (Å²) in [7, 11) is 3.23. The Morgan fingerprint density at radius 2 is 2.21 bits per heavy atom. The maximum atomic E-state index is 11.0. The van der Waals surface area contributed by atoms with Crippen molar-refractivity contribution in [3.05, 3.63) is 38.3 Å². The highest BCUT2D eigenvalue weighted by atomic mass is 79.9. The molecule has 0 saturated carbocycles. The number of methoxy groups -OCH3 is 1. The lowest BCUT2D eigenvalue weighted by Crippen LogP contribution is -2.22. The number of non-ortho nitro benzene ring substituents is 1. The van der Waals surface area contributed by atoms with E-state index in [4.69, 9.17) is 0 Å². The van der Waals surface area contributed by atoms with Gasteiger partial charge in [-0.2, -0.15) is 0 Å². The first kappa shape index (κ1) is 15.6. The zero-order valence-electron chi connectivity index (χ0n) is 10.8. The van der Waals surface area contributed by atoms with Gasteiger partial charge in [-0.3, -0.25) is 14.9 Å². The van der Waals surface area contributed by atoms with Crippen molar-refractivity contribution < 1.29 is 14.5 Å². The van der Waals surface area contributed by atoms with Crippen molar-refractivity contribution in [3.63, 3.8) is 0 Å². The Balaban J connectivity index is 2.62. The fourth-order valence-corrected chi connectivity index (χ4v) is 2.02. The quantitative estimate of drug-likeness (QED) is 0.454. The normalized spacial score (nSPS) is 10.5. The van der Waals surface area contributed by atoms with Gasteiger partial charge in [-0.1, -0.05) is 15.9 Å². The summed E-state index contributed by atoms with van der Waals surface area (Å²) in [6.45, 7) is 1.16. The third-order valence-corrected chi connectivity index (χ3v) is 3.35. The summed E-state index contributed by atoms with van der Waals surface area (Å²) >= 11 is 3.31. The highest BCUT2D eigenvalue weighted by Crippen LogP contribution is 2.23. The fourth-order valence-electron chi connectivity index (χ4n) is 1.53. The van der Waals surface area contributed by atoms with Crippen molar-refractivity contribution in [2.24, 2.45) is 0 Å². The molecule has 104 valence electrons. The Labute approximate surface area is 119 Å². The summed E-state index contributed by atoms with van der Waals surface area (Å²) < 4.78 is 5.25. The predicted molar refractivity (Wildman–Crippen MR) is 73.8 cm³/mol. The number of carbonyl (C=O) groups is 1. The van der Waals surface area contributed by atoms with Gasteiger partial charge in [0.2, 0.25) is 0 Å². The molecule has 0 heterocycles. The Morgan fingerprint density at radius 1 is 1.53 bits per heavy atom. The van der Waals surface area contributed by atoms with Gasteiger partial charge >= 0.3 is 5.97 Å². The van der Waals surface area contributed by atoms with E-state index >= 15 is 0 Å². The van der Waals surface area contributed by atoms with Gasteiger partial charge in [-0.25, -0.2) is 0 Å². The van der Waals surface area contributed by atoms with E-state index in [1.54, 1.807) is 6.07 Å². The molecule has 6 nitrogen and oxygen atoms in total. The summed E-state index contributed by atoms with van der Waals surface area (Å²) in [5, 5.41) is 10.6. The molecule has 19 heavy (non-hydrogen) atoms. The Bertz CT molecular complexity index is 479. The molecule has 0 spiro atoms. The van der Waals surface area contributed by atoms with Crippen molar-refractivity contribution >= 4 is 27.6 Å². The molecule has 1 rings (SSSR count). The fraction of sp³-hybridized carbons (Fsp3) is 0.417. The molecule has 0 bridgehead atoms. The number of nitrogens with zero attached hydrogens (tertiary/aromatic N) is 2. The lowest BCUT2D eigenvalue weighted by molar-refractivity contribution is -0.384. The van der Waals surface area contributed by atoms with Crippen LogP contribution in [0.1, 0.15) is 12.0 Å². The molecule has 0 N–H and O–H groups in total. The van der Waals surface area contributed by atoms with Crippen LogP contribution in [-0.4, -0.2) is 36.5 Å². The number of carbonyl (C=O) groups excluding carboxylic acids is 1. The van der Waals surface area contributed by atoms with E-state index in [9.17, 15) is 14.9 Å². The monoisotopic (exact) mass is 330 g/mol. The molecule has 1 aromatic carbocycles. The van der Waals surface area contributed by atoms with Gasteiger partial charge in [0.15, 0.2) is 0 Å². The van der Waals surface area contributed by atoms with Gasteiger partial charge in [0.25, 0.3) is 5.69 Å². The Hall–Kier alpha value is -1.47. The zero-order chi connectivity index (χ0) is 14.4. The van der Waals surface area contributed by atoms with Crippen LogP contribution in [0.2, 0.25) is 0 Å². The van der Waals surface area contributed by atoms with Crippen molar-refractivity contribution in [1.82, 2.24) is 4.90 Å². The molecule has 0 saturated heterocycles. The summed E-state index contributed by atoms with van der Waals surface area (Å²) in [5.41, 5.74) is 0.978. The molecule has 0 radical (unpaired) electrons. The van der Waals surface area contributed by atoms with Crippen LogP contribution in [0.25, 0.3) is 0 Å². The molecule has 1 aromatic rings. The first-order valence-corrected chi connectivity index (χ1v) is 6.41. The highest BCUT2D eigenvalue weighted by molar-refractivity contribution is 9.10. The van der Waals surface area contributed by atoms with Gasteiger partial charge in [0, 0.05) is 29.7 Å². The van der Waals surface area contributed by atoms with Gasteiger partial charge < -0.3 is 9.64 Å². The smallest absolute Gasteiger partial charge is 0.306 e. The second-order valence-corrected chi connectivity index (χ2v) is 4.95. The Morgan fingerprint density at radius 3 is 2.74 bits per heavy atom. The van der Waals surface area contributed by atoms with Crippen LogP contribution in [-0.2, 0) is 16.1 Å². The third-order valence-electron chi connectivity index (χ3n) is 2.61. The van der Waals surface area contributed by atoms with Crippen molar-refractivity contribution in [2.45, 2.75) is 13.0 Å². The van der Waals surface area contributed by atoms with Crippen molar-refractivity contribution in [3.8, 4) is 0 Å². The van der Waals surface area contributed by atoms with Crippen LogP contribution >= 0.6 is 15.9 Å². The van der Waals surface area contributed by atoms with Gasteiger partial charge in [0.05, 0.1) is 18.5 Å². The minimum atomic E-state index is -0.435. The van der Waals surface area contributed by atoms with Gasteiger partial charge in [-0.15, -0.1) is 0 Å². The molecule has 0 aliphatic heterocycles. The summed E-state index contributed by atoms with van der Waals surface area (Å²) in [6, 6.07) is 4.65. The second kappa shape index (κ2) is 7.20. The van der Waals surface area contributed by atoms with Crippen LogP contribution in [0.3, 0.4) is 0 Å². The van der Waals surface area contributed by atoms with Gasteiger partial charge in [0.1, 0.15) is 0 Å². The van der Waals surface area contributed by atoms with E-state index in [1.165, 1.54) is 19.2 Å². The number of benzene rings is 1. The first-order chi connectivity index (χ1) is 8.93. The Kier molecular flexibility index (Phi) is 5.91. The molecule has 0 aliphatic rings. The van der Waals surface area contributed by atoms with Gasteiger partial charge in [-0.05, 0) is 18.7 Å². The number of halogens is 1. The van der Waals surface area contributed by atoms with E-state index in [1.807, 2.05) is 11.9 Å². The molecule has 0 atom stereocenters. The minimum absolute atomic E-state index is 0.0489. The van der Waals surface area contributed by atoms with E-state index < -0.39 is 4.92 Å². The topological polar surface area (TPSA) is 72.7 Å². The van der Waals surface area contributed by atoms with E-state index in [0.717, 1.165) is 5.56 Å². The molecule has 0 unspecified atom stereocenters. The maximum Gasteiger partial charge on any atom is 0.306 e. The lowest BCUT2D eigenvalue weighted by Gasteiger charge is -2.16. The second-order valence-electron chi connectivity index (χ2n) is 4.10. The molecular formula is C12H15BrN2O4. The van der Waals surface area contributed by atoms with Crippen molar-refractivity contribution in [2.75, 3.05) is 20.7 Å².